The average molecular weight is 479 g/mol. The maximum absolute atomic E-state index is 4.52. The second-order valence-corrected chi connectivity index (χ2v) is 9.52. The van der Waals surface area contributed by atoms with Crippen molar-refractivity contribution in [3.63, 3.8) is 0 Å². The second kappa shape index (κ2) is 8.45. The van der Waals surface area contributed by atoms with Gasteiger partial charge in [-0.1, -0.05) is 54.6 Å². The van der Waals surface area contributed by atoms with E-state index in [4.69, 9.17) is 0 Å². The molecule has 4 nitrogen and oxygen atoms in total. The number of hydrogen-bond donors (Lipinski definition) is 0. The van der Waals surface area contributed by atoms with Crippen LogP contribution in [0.3, 0.4) is 0 Å². The summed E-state index contributed by atoms with van der Waals surface area (Å²) >= 11 is 0. The standard InChI is InChI=1S/C33H26N4/c1-3-16-34-20-22(2)36-29-14-5-4-12-25(29)27-18-28-26-13-6-9-23-10-7-15-30(33(23)26)37(32(28)19-31(27)36)24-11-8-17-35-21-24/h3-22H,1-2H3/b16-3-,34-20?/t22-/m0/s1. The minimum Gasteiger partial charge on any atom is -0.332 e. The van der Waals surface area contributed by atoms with Gasteiger partial charge in [0.1, 0.15) is 0 Å². The van der Waals surface area contributed by atoms with E-state index in [1.807, 2.05) is 43.9 Å². The normalized spacial score (nSPS) is 13.8. The van der Waals surface area contributed by atoms with Gasteiger partial charge in [-0.3, -0.25) is 9.98 Å². The first kappa shape index (κ1) is 21.6. The molecule has 0 bridgehead atoms. The van der Waals surface area contributed by atoms with Crippen molar-refractivity contribution in [1.82, 2.24) is 9.55 Å². The van der Waals surface area contributed by atoms with Crippen LogP contribution >= 0.6 is 0 Å². The van der Waals surface area contributed by atoms with Gasteiger partial charge in [0.15, 0.2) is 0 Å². The molecule has 0 radical (unpaired) electrons. The molecule has 1 aliphatic rings. The van der Waals surface area contributed by atoms with E-state index < -0.39 is 0 Å². The summed E-state index contributed by atoms with van der Waals surface area (Å²) in [6, 6.07) is 30.8. The predicted molar refractivity (Wildman–Crippen MR) is 156 cm³/mol. The molecule has 3 heterocycles. The van der Waals surface area contributed by atoms with E-state index in [0.717, 1.165) is 11.4 Å². The highest BCUT2D eigenvalue weighted by molar-refractivity contribution is 6.18. The topological polar surface area (TPSA) is 33.4 Å². The Balaban J connectivity index is 1.60. The van der Waals surface area contributed by atoms with E-state index in [1.165, 1.54) is 49.4 Å². The summed E-state index contributed by atoms with van der Waals surface area (Å²) < 4.78 is 2.40. The largest absolute Gasteiger partial charge is 0.332 e. The Morgan fingerprint density at radius 2 is 1.68 bits per heavy atom. The van der Waals surface area contributed by atoms with Gasteiger partial charge >= 0.3 is 0 Å². The molecule has 37 heavy (non-hydrogen) atoms. The first-order valence-electron chi connectivity index (χ1n) is 12.7. The number of pyridine rings is 1. The molecule has 0 amide bonds. The van der Waals surface area contributed by atoms with E-state index in [2.05, 4.69) is 105 Å². The lowest BCUT2D eigenvalue weighted by Crippen LogP contribution is -2.15. The third-order valence-corrected chi connectivity index (χ3v) is 7.33. The van der Waals surface area contributed by atoms with Crippen molar-refractivity contribution in [2.24, 2.45) is 4.99 Å². The fourth-order valence-corrected chi connectivity index (χ4v) is 5.83. The van der Waals surface area contributed by atoms with Crippen LogP contribution < -0.4 is 4.90 Å². The highest BCUT2D eigenvalue weighted by Gasteiger charge is 2.28. The number of aromatic nitrogens is 2. The second-order valence-electron chi connectivity index (χ2n) is 9.52. The van der Waals surface area contributed by atoms with Crippen LogP contribution in [0.25, 0.3) is 43.7 Å². The monoisotopic (exact) mass is 478 g/mol. The summed E-state index contributed by atoms with van der Waals surface area (Å²) in [6.45, 7) is 4.19. The summed E-state index contributed by atoms with van der Waals surface area (Å²) in [5.41, 5.74) is 8.30. The summed E-state index contributed by atoms with van der Waals surface area (Å²) in [7, 11) is 0. The van der Waals surface area contributed by atoms with E-state index >= 15 is 0 Å². The zero-order chi connectivity index (χ0) is 24.9. The minimum absolute atomic E-state index is 0.0859. The number of benzene rings is 4. The van der Waals surface area contributed by atoms with Crippen LogP contribution in [0.1, 0.15) is 19.9 Å². The predicted octanol–water partition coefficient (Wildman–Crippen LogP) is 8.96. The van der Waals surface area contributed by atoms with E-state index in [0.29, 0.717) is 0 Å². The molecule has 7 rings (SSSR count). The molecule has 6 aromatic rings. The van der Waals surface area contributed by atoms with Crippen molar-refractivity contribution in [2.45, 2.75) is 19.9 Å². The van der Waals surface area contributed by atoms with Gasteiger partial charge in [0.05, 0.1) is 34.8 Å². The molecule has 2 aromatic heterocycles. The molecule has 1 atom stereocenters. The Bertz CT molecular complexity index is 1860. The third kappa shape index (κ3) is 3.22. The van der Waals surface area contributed by atoms with Gasteiger partial charge in [-0.15, -0.1) is 0 Å². The van der Waals surface area contributed by atoms with Crippen molar-refractivity contribution in [2.75, 3.05) is 4.90 Å². The first-order chi connectivity index (χ1) is 18.3. The Hall–Kier alpha value is -4.70. The fraction of sp³-hybridized carbons (Fsp3) is 0.0909. The lowest BCUT2D eigenvalue weighted by Gasteiger charge is -2.33. The number of anilines is 3. The zero-order valence-corrected chi connectivity index (χ0v) is 20.8. The van der Waals surface area contributed by atoms with Crippen LogP contribution in [0.4, 0.5) is 17.1 Å². The molecular weight excluding hydrogens is 452 g/mol. The summed E-state index contributed by atoms with van der Waals surface area (Å²) in [5.74, 6) is 0. The molecular formula is C33H26N4. The van der Waals surface area contributed by atoms with Gasteiger partial charge in [-0.05, 0) is 61.2 Å². The van der Waals surface area contributed by atoms with Crippen LogP contribution in [0.2, 0.25) is 0 Å². The Morgan fingerprint density at radius 1 is 0.811 bits per heavy atom. The third-order valence-electron chi connectivity index (χ3n) is 7.33. The summed E-state index contributed by atoms with van der Waals surface area (Å²) in [5, 5.41) is 5.02. The molecule has 0 unspecified atom stereocenters. The Morgan fingerprint density at radius 3 is 2.51 bits per heavy atom. The van der Waals surface area contributed by atoms with Crippen LogP contribution in [-0.4, -0.2) is 15.8 Å². The molecule has 4 aromatic carbocycles. The van der Waals surface area contributed by atoms with Crippen molar-refractivity contribution in [3.8, 4) is 11.1 Å². The van der Waals surface area contributed by atoms with Crippen molar-refractivity contribution >= 4 is 55.9 Å². The van der Waals surface area contributed by atoms with Crippen LogP contribution in [0.15, 0.2) is 115 Å². The Labute approximate surface area is 215 Å². The zero-order valence-electron chi connectivity index (χ0n) is 20.8. The van der Waals surface area contributed by atoms with Crippen molar-refractivity contribution < 1.29 is 0 Å². The summed E-state index contributed by atoms with van der Waals surface area (Å²) in [6.07, 6.45) is 9.59. The van der Waals surface area contributed by atoms with Gasteiger partial charge < -0.3 is 9.47 Å². The van der Waals surface area contributed by atoms with Gasteiger partial charge in [-0.25, -0.2) is 0 Å². The minimum atomic E-state index is 0.0859. The number of nitrogens with zero attached hydrogens (tertiary/aromatic N) is 4. The van der Waals surface area contributed by atoms with Gasteiger partial charge in [0.25, 0.3) is 0 Å². The number of rotatable bonds is 4. The highest BCUT2D eigenvalue weighted by Crippen LogP contribution is 2.52. The lowest BCUT2D eigenvalue weighted by atomic mass is 9.90. The molecule has 0 fully saturated rings. The molecule has 1 aliphatic heterocycles. The van der Waals surface area contributed by atoms with Crippen LogP contribution in [0, 0.1) is 0 Å². The van der Waals surface area contributed by atoms with E-state index in [-0.39, 0.29) is 6.04 Å². The van der Waals surface area contributed by atoms with E-state index in [9.17, 15) is 0 Å². The molecule has 0 aliphatic carbocycles. The molecule has 0 spiro atoms. The molecule has 0 saturated carbocycles. The molecule has 4 heteroatoms. The number of allylic oxidation sites excluding steroid dienone is 1. The average Bonchev–Trinajstić information content (AvgIpc) is 3.26. The fourth-order valence-electron chi connectivity index (χ4n) is 5.83. The van der Waals surface area contributed by atoms with Crippen LogP contribution in [-0.2, 0) is 0 Å². The van der Waals surface area contributed by atoms with Gasteiger partial charge in [-0.2, -0.15) is 0 Å². The number of aliphatic imine (C=N–C) groups is 1. The first-order valence-corrected chi connectivity index (χ1v) is 12.7. The molecule has 178 valence electrons. The van der Waals surface area contributed by atoms with Gasteiger partial charge in [0, 0.05) is 45.9 Å². The van der Waals surface area contributed by atoms with Gasteiger partial charge in [0.2, 0.25) is 0 Å². The quantitative estimate of drug-likeness (QED) is 0.237. The number of fused-ring (bicyclic) bond motifs is 5. The SMILES string of the molecule is C/C=C\N=C[C@H](C)n1c2ccccc2c2cc3c(cc21)N(c1cccnc1)c1cccc2cccc-3c12. The molecule has 0 saturated heterocycles. The Kier molecular flexibility index (Phi) is 4.93. The number of para-hydroxylation sites is 1. The maximum atomic E-state index is 4.52. The van der Waals surface area contributed by atoms with Crippen molar-refractivity contribution in [1.29, 1.82) is 0 Å². The maximum Gasteiger partial charge on any atom is 0.0665 e. The lowest BCUT2D eigenvalue weighted by molar-refractivity contribution is 0.763. The van der Waals surface area contributed by atoms with E-state index in [1.54, 1.807) is 0 Å². The van der Waals surface area contributed by atoms with Crippen molar-refractivity contribution in [3.05, 3.63) is 110 Å². The van der Waals surface area contributed by atoms with Crippen LogP contribution in [0.5, 0.6) is 0 Å². The summed E-state index contributed by atoms with van der Waals surface area (Å²) in [4.78, 5) is 11.3. The highest BCUT2D eigenvalue weighted by atomic mass is 15.2. The molecule has 0 N–H and O–H groups in total. The number of hydrogen-bond acceptors (Lipinski definition) is 3. The smallest absolute Gasteiger partial charge is 0.0665 e.